The first-order chi connectivity index (χ1) is 14.9. The zero-order valence-electron chi connectivity index (χ0n) is 17.3. The number of halogens is 2. The van der Waals surface area contributed by atoms with Gasteiger partial charge in [0.15, 0.2) is 0 Å². The largest absolute Gasteiger partial charge is 0.479 e. The molecule has 5 nitrogen and oxygen atoms in total. The van der Waals surface area contributed by atoms with E-state index < -0.39 is 23.5 Å². The van der Waals surface area contributed by atoms with Crippen molar-refractivity contribution in [3.05, 3.63) is 94.5 Å². The predicted octanol–water partition coefficient (Wildman–Crippen LogP) is 4.04. The van der Waals surface area contributed by atoms with Crippen molar-refractivity contribution in [1.82, 2.24) is 5.32 Å². The Labute approximate surface area is 198 Å². The van der Waals surface area contributed by atoms with Crippen molar-refractivity contribution in [3.8, 4) is 11.1 Å². The molecule has 0 fully saturated rings. The van der Waals surface area contributed by atoms with E-state index in [-0.39, 0.29) is 25.2 Å². The average molecular weight is 471 g/mol. The predicted molar refractivity (Wildman–Crippen MR) is 128 cm³/mol. The van der Waals surface area contributed by atoms with E-state index in [9.17, 15) is 14.7 Å². The van der Waals surface area contributed by atoms with E-state index in [1.165, 1.54) is 0 Å². The molecule has 0 bridgehead atoms. The zero-order chi connectivity index (χ0) is 22.0. The first-order valence-corrected chi connectivity index (χ1v) is 10.5. The lowest BCUT2D eigenvalue weighted by Gasteiger charge is -2.27. The van der Waals surface area contributed by atoms with Crippen molar-refractivity contribution in [2.24, 2.45) is 5.73 Å². The second-order valence-corrected chi connectivity index (χ2v) is 8.45. The van der Waals surface area contributed by atoms with E-state index in [1.54, 1.807) is 0 Å². The highest BCUT2D eigenvalue weighted by Crippen LogP contribution is 2.34. The molecule has 0 aliphatic heterocycles. The summed E-state index contributed by atoms with van der Waals surface area (Å²) >= 11 is 5.97. The topological polar surface area (TPSA) is 92.4 Å². The van der Waals surface area contributed by atoms with E-state index in [0.29, 0.717) is 11.4 Å². The molecule has 3 aromatic carbocycles. The molecule has 4 N–H and O–H groups in total. The Balaban J connectivity index is 0.00000289. The second-order valence-electron chi connectivity index (χ2n) is 8.02. The molecule has 7 heteroatoms. The molecule has 2 unspecified atom stereocenters. The number of carbonyl (C=O) groups excluding carboxylic acids is 1. The lowest BCUT2D eigenvalue weighted by molar-refractivity contribution is -0.147. The molecule has 1 amide bonds. The molecule has 2 atom stereocenters. The lowest BCUT2D eigenvalue weighted by atomic mass is 9.94. The van der Waals surface area contributed by atoms with Crippen molar-refractivity contribution in [1.29, 1.82) is 0 Å². The number of carboxylic acid groups (broad SMARTS) is 1. The van der Waals surface area contributed by atoms with E-state index in [4.69, 9.17) is 17.3 Å². The van der Waals surface area contributed by atoms with Crippen LogP contribution in [0.1, 0.15) is 16.7 Å². The molecule has 0 spiro atoms. The number of benzene rings is 3. The number of hydrogen-bond donors (Lipinski definition) is 3. The van der Waals surface area contributed by atoms with Crippen molar-refractivity contribution in [3.63, 3.8) is 0 Å². The quantitative estimate of drug-likeness (QED) is 0.506. The van der Waals surface area contributed by atoms with Gasteiger partial charge in [0.1, 0.15) is 5.54 Å². The highest BCUT2D eigenvalue weighted by atomic mass is 35.5. The summed E-state index contributed by atoms with van der Waals surface area (Å²) < 4.78 is 0. The van der Waals surface area contributed by atoms with Gasteiger partial charge in [-0.15, -0.1) is 12.4 Å². The minimum Gasteiger partial charge on any atom is -0.479 e. The number of nitrogens with two attached hydrogens (primary N) is 1. The molecule has 0 heterocycles. The monoisotopic (exact) mass is 470 g/mol. The van der Waals surface area contributed by atoms with Crippen LogP contribution in [-0.2, 0) is 28.9 Å². The number of amides is 1. The number of hydrogen-bond acceptors (Lipinski definition) is 3. The maximum Gasteiger partial charge on any atom is 0.330 e. The zero-order valence-corrected chi connectivity index (χ0v) is 18.8. The minimum absolute atomic E-state index is 0. The van der Waals surface area contributed by atoms with E-state index in [0.717, 1.165) is 27.8 Å². The van der Waals surface area contributed by atoms with Crippen LogP contribution in [0.2, 0.25) is 5.02 Å². The molecule has 0 saturated heterocycles. The maximum absolute atomic E-state index is 12.8. The number of rotatable bonds is 6. The molecule has 0 saturated carbocycles. The summed E-state index contributed by atoms with van der Waals surface area (Å²) in [7, 11) is 0. The number of carbonyl (C=O) groups is 2. The van der Waals surface area contributed by atoms with E-state index in [1.807, 2.05) is 72.8 Å². The summed E-state index contributed by atoms with van der Waals surface area (Å²) in [6.45, 7) is 0. The highest BCUT2D eigenvalue weighted by molar-refractivity contribution is 6.30. The Morgan fingerprint density at radius 3 is 2.25 bits per heavy atom. The third-order valence-electron chi connectivity index (χ3n) is 5.78. The number of aliphatic carboxylic acids is 1. The van der Waals surface area contributed by atoms with Gasteiger partial charge < -0.3 is 16.2 Å². The summed E-state index contributed by atoms with van der Waals surface area (Å²) in [5.41, 5.74) is 9.41. The standard InChI is InChI=1S/C25H23ClN2O3.ClH/c26-21-10-8-17(9-11-21)18-6-7-19-14-25(24(30)31,15-20(19)13-18)28-23(29)22(27)12-16-4-2-1-3-5-16;/h1-11,13,22H,12,14-15,27H2,(H,28,29)(H,30,31);1H. The molecule has 3 aromatic rings. The first-order valence-electron chi connectivity index (χ1n) is 10.1. The minimum atomic E-state index is -1.40. The van der Waals surface area contributed by atoms with Gasteiger partial charge in [-0.3, -0.25) is 4.79 Å². The lowest BCUT2D eigenvalue weighted by Crippen LogP contribution is -2.59. The van der Waals surface area contributed by atoms with Gasteiger partial charge in [-0.1, -0.05) is 72.3 Å². The van der Waals surface area contributed by atoms with Crippen molar-refractivity contribution in [2.75, 3.05) is 0 Å². The van der Waals surface area contributed by atoms with Gasteiger partial charge >= 0.3 is 5.97 Å². The highest BCUT2D eigenvalue weighted by Gasteiger charge is 2.46. The van der Waals surface area contributed by atoms with E-state index >= 15 is 0 Å². The molecular weight excluding hydrogens is 447 g/mol. The van der Waals surface area contributed by atoms with E-state index in [2.05, 4.69) is 5.32 Å². The van der Waals surface area contributed by atoms with Gasteiger partial charge in [0.2, 0.25) is 5.91 Å². The molecule has 1 aliphatic rings. The van der Waals surface area contributed by atoms with Crippen LogP contribution in [0.4, 0.5) is 0 Å². The smallest absolute Gasteiger partial charge is 0.330 e. The Morgan fingerprint density at radius 1 is 0.969 bits per heavy atom. The molecule has 1 aliphatic carbocycles. The fraction of sp³-hybridized carbons (Fsp3) is 0.200. The van der Waals surface area contributed by atoms with Crippen LogP contribution < -0.4 is 11.1 Å². The van der Waals surface area contributed by atoms with Crippen LogP contribution >= 0.6 is 24.0 Å². The van der Waals surface area contributed by atoms with Crippen molar-refractivity contribution in [2.45, 2.75) is 30.8 Å². The van der Waals surface area contributed by atoms with Gasteiger partial charge in [0.25, 0.3) is 0 Å². The number of nitrogens with one attached hydrogen (secondary N) is 1. The molecule has 32 heavy (non-hydrogen) atoms. The van der Waals surface area contributed by atoms with Crippen molar-refractivity contribution >= 4 is 35.9 Å². The fourth-order valence-electron chi connectivity index (χ4n) is 4.08. The molecular formula is C25H24Cl2N2O3. The SMILES string of the molecule is Cl.NC(Cc1ccccc1)C(=O)NC1(C(=O)O)Cc2ccc(-c3ccc(Cl)cc3)cc2C1. The van der Waals surface area contributed by atoms with Gasteiger partial charge in [-0.25, -0.2) is 4.79 Å². The van der Waals surface area contributed by atoms with Gasteiger partial charge in [0.05, 0.1) is 6.04 Å². The Hall–Kier alpha value is -2.86. The Kier molecular flexibility index (Phi) is 7.24. The summed E-state index contributed by atoms with van der Waals surface area (Å²) in [6.07, 6.45) is 0.779. The third-order valence-corrected chi connectivity index (χ3v) is 6.03. The van der Waals surface area contributed by atoms with Crippen LogP contribution in [0.5, 0.6) is 0 Å². The Morgan fingerprint density at radius 2 is 1.59 bits per heavy atom. The summed E-state index contributed by atoms with van der Waals surface area (Å²) in [5.74, 6) is -1.52. The first kappa shape index (κ1) is 23.8. The van der Waals surface area contributed by atoms with Crippen molar-refractivity contribution < 1.29 is 14.7 Å². The summed E-state index contributed by atoms with van der Waals surface area (Å²) in [6, 6.07) is 22.0. The van der Waals surface area contributed by atoms with Gasteiger partial charge in [-0.05, 0) is 46.4 Å². The third kappa shape index (κ3) is 4.96. The van der Waals surface area contributed by atoms with Crippen LogP contribution in [0.25, 0.3) is 11.1 Å². The molecule has 0 aromatic heterocycles. The van der Waals surface area contributed by atoms with Crippen LogP contribution in [-0.4, -0.2) is 28.6 Å². The van der Waals surface area contributed by atoms with Crippen LogP contribution in [0, 0.1) is 0 Å². The Bertz CT molecular complexity index is 1120. The second kappa shape index (κ2) is 9.74. The van der Waals surface area contributed by atoms with Crippen LogP contribution in [0.15, 0.2) is 72.8 Å². The fourth-order valence-corrected chi connectivity index (χ4v) is 4.21. The van der Waals surface area contributed by atoms with Crippen LogP contribution in [0.3, 0.4) is 0 Å². The van der Waals surface area contributed by atoms with Gasteiger partial charge in [-0.2, -0.15) is 0 Å². The summed E-state index contributed by atoms with van der Waals surface area (Å²) in [5, 5.41) is 13.4. The normalized spacial score (nSPS) is 17.7. The molecule has 166 valence electrons. The number of fused-ring (bicyclic) bond motifs is 1. The van der Waals surface area contributed by atoms with Gasteiger partial charge in [0, 0.05) is 17.9 Å². The maximum atomic E-state index is 12.8. The molecule has 4 rings (SSSR count). The molecule has 0 radical (unpaired) electrons. The number of carboxylic acids is 1. The average Bonchev–Trinajstić information content (AvgIpc) is 3.13. The summed E-state index contributed by atoms with van der Waals surface area (Å²) in [4.78, 5) is 25.0.